The van der Waals surface area contributed by atoms with Crippen LogP contribution in [0.3, 0.4) is 0 Å². The van der Waals surface area contributed by atoms with E-state index in [1.54, 1.807) is 6.07 Å². The van der Waals surface area contributed by atoms with Crippen molar-refractivity contribution in [3.8, 4) is 0 Å². The maximum absolute atomic E-state index is 12.2. The molecule has 0 saturated heterocycles. The van der Waals surface area contributed by atoms with E-state index in [1.165, 1.54) is 6.07 Å². The van der Waals surface area contributed by atoms with Gasteiger partial charge >= 0.3 is 0 Å². The number of thiophene rings is 1. The van der Waals surface area contributed by atoms with Gasteiger partial charge in [-0.2, -0.15) is 0 Å². The SMILES string of the molecule is CCC(O)C(NS(=O)(=O)c1ccc(Cl)s1)[C@@H](C)CC. The Labute approximate surface area is 123 Å². The molecule has 0 aliphatic heterocycles. The van der Waals surface area contributed by atoms with Crippen LogP contribution in [0.25, 0.3) is 0 Å². The standard InChI is InChI=1S/C12H20ClNO3S2/c1-4-8(3)12(9(15)5-2)14-19(16,17)11-7-6-10(13)18-11/h6-9,12,14-15H,4-5H2,1-3H3/t8-,9?,12?/m0/s1. The van der Waals surface area contributed by atoms with Crippen molar-refractivity contribution in [1.29, 1.82) is 0 Å². The molecule has 110 valence electrons. The Balaban J connectivity index is 2.95. The summed E-state index contributed by atoms with van der Waals surface area (Å²) in [4.78, 5) is 0. The van der Waals surface area contributed by atoms with Crippen LogP contribution < -0.4 is 4.72 Å². The van der Waals surface area contributed by atoms with E-state index in [0.29, 0.717) is 10.8 Å². The average Bonchev–Trinajstić information content (AvgIpc) is 2.81. The van der Waals surface area contributed by atoms with E-state index in [9.17, 15) is 13.5 Å². The van der Waals surface area contributed by atoms with E-state index in [-0.39, 0.29) is 10.1 Å². The molecule has 0 aliphatic carbocycles. The molecule has 0 fully saturated rings. The third kappa shape index (κ3) is 4.43. The zero-order valence-corrected chi connectivity index (χ0v) is 13.6. The predicted molar refractivity (Wildman–Crippen MR) is 79.2 cm³/mol. The van der Waals surface area contributed by atoms with Gasteiger partial charge in [0.05, 0.1) is 16.5 Å². The third-order valence-corrected chi connectivity index (χ3v) is 6.38. The lowest BCUT2D eigenvalue weighted by atomic mass is 9.94. The van der Waals surface area contributed by atoms with Crippen molar-refractivity contribution in [3.05, 3.63) is 16.5 Å². The van der Waals surface area contributed by atoms with Crippen molar-refractivity contribution in [3.63, 3.8) is 0 Å². The van der Waals surface area contributed by atoms with Crippen LogP contribution in [0.2, 0.25) is 4.34 Å². The molecule has 1 aromatic heterocycles. The summed E-state index contributed by atoms with van der Waals surface area (Å²) in [6.45, 7) is 5.72. The van der Waals surface area contributed by atoms with Crippen molar-refractivity contribution in [2.75, 3.05) is 0 Å². The van der Waals surface area contributed by atoms with E-state index in [1.807, 2.05) is 20.8 Å². The first-order valence-corrected chi connectivity index (χ1v) is 8.95. The van der Waals surface area contributed by atoms with Crippen LogP contribution >= 0.6 is 22.9 Å². The number of nitrogens with one attached hydrogen (secondary N) is 1. The van der Waals surface area contributed by atoms with E-state index in [0.717, 1.165) is 17.8 Å². The van der Waals surface area contributed by atoms with Gasteiger partial charge in [0, 0.05) is 0 Å². The van der Waals surface area contributed by atoms with Gasteiger partial charge in [0.25, 0.3) is 0 Å². The minimum absolute atomic E-state index is 0.0557. The normalized spacial score (nSPS) is 17.1. The molecule has 3 atom stereocenters. The lowest BCUT2D eigenvalue weighted by Crippen LogP contribution is -2.46. The molecule has 2 unspecified atom stereocenters. The Morgan fingerprint density at radius 1 is 1.37 bits per heavy atom. The second-order valence-corrected chi connectivity index (χ2v) is 8.22. The minimum Gasteiger partial charge on any atom is -0.391 e. The van der Waals surface area contributed by atoms with E-state index >= 15 is 0 Å². The van der Waals surface area contributed by atoms with Crippen LogP contribution in [0.15, 0.2) is 16.3 Å². The molecule has 1 heterocycles. The number of rotatable bonds is 7. The minimum atomic E-state index is -3.62. The average molecular weight is 326 g/mol. The van der Waals surface area contributed by atoms with Crippen molar-refractivity contribution in [1.82, 2.24) is 4.72 Å². The molecule has 0 saturated carbocycles. The first-order valence-electron chi connectivity index (χ1n) is 6.27. The Morgan fingerprint density at radius 3 is 2.42 bits per heavy atom. The topological polar surface area (TPSA) is 66.4 Å². The van der Waals surface area contributed by atoms with Crippen molar-refractivity contribution in [2.24, 2.45) is 5.92 Å². The zero-order valence-electron chi connectivity index (χ0n) is 11.3. The van der Waals surface area contributed by atoms with Crippen molar-refractivity contribution in [2.45, 2.75) is 50.0 Å². The molecular weight excluding hydrogens is 306 g/mol. The molecule has 0 spiro atoms. The molecule has 0 aliphatic rings. The van der Waals surface area contributed by atoms with Crippen molar-refractivity contribution < 1.29 is 13.5 Å². The Kier molecular flexibility index (Phi) is 6.26. The zero-order chi connectivity index (χ0) is 14.6. The number of halogens is 1. The molecule has 19 heavy (non-hydrogen) atoms. The van der Waals surface area contributed by atoms with Crippen LogP contribution in [-0.4, -0.2) is 25.7 Å². The predicted octanol–water partition coefficient (Wildman–Crippen LogP) is 2.87. The maximum atomic E-state index is 12.2. The highest BCUT2D eigenvalue weighted by Crippen LogP contribution is 2.26. The fourth-order valence-electron chi connectivity index (χ4n) is 1.76. The fraction of sp³-hybridized carbons (Fsp3) is 0.667. The summed E-state index contributed by atoms with van der Waals surface area (Å²) in [5.74, 6) is 0.0557. The van der Waals surface area contributed by atoms with Gasteiger partial charge in [-0.3, -0.25) is 0 Å². The number of aliphatic hydroxyl groups is 1. The molecule has 1 rings (SSSR count). The Bertz CT molecular complexity index is 491. The highest BCUT2D eigenvalue weighted by molar-refractivity contribution is 7.91. The molecule has 1 aromatic rings. The maximum Gasteiger partial charge on any atom is 0.250 e. The van der Waals surface area contributed by atoms with Gasteiger partial charge in [-0.15, -0.1) is 11.3 Å². The van der Waals surface area contributed by atoms with Gasteiger partial charge in [-0.1, -0.05) is 38.8 Å². The quantitative estimate of drug-likeness (QED) is 0.810. The first-order chi connectivity index (χ1) is 8.81. The first kappa shape index (κ1) is 16.9. The molecule has 0 amide bonds. The van der Waals surface area contributed by atoms with Crippen LogP contribution in [0.1, 0.15) is 33.6 Å². The molecule has 2 N–H and O–H groups in total. The number of hydrogen-bond acceptors (Lipinski definition) is 4. The number of hydrogen-bond donors (Lipinski definition) is 2. The van der Waals surface area contributed by atoms with Gasteiger partial charge in [0.1, 0.15) is 4.21 Å². The summed E-state index contributed by atoms with van der Waals surface area (Å²) in [7, 11) is -3.62. The van der Waals surface area contributed by atoms with Gasteiger partial charge in [-0.05, 0) is 24.5 Å². The highest BCUT2D eigenvalue weighted by Gasteiger charge is 2.29. The molecule has 4 nitrogen and oxygen atoms in total. The summed E-state index contributed by atoms with van der Waals surface area (Å²) in [5, 5.41) is 9.99. The second kappa shape index (κ2) is 7.04. The summed E-state index contributed by atoms with van der Waals surface area (Å²) in [6, 6.07) is 2.54. The number of sulfonamides is 1. The summed E-state index contributed by atoms with van der Waals surface area (Å²) in [6.07, 6.45) is 0.596. The van der Waals surface area contributed by atoms with Gasteiger partial charge in [0.2, 0.25) is 10.0 Å². The van der Waals surface area contributed by atoms with E-state index < -0.39 is 22.2 Å². The molecular formula is C12H20ClNO3S2. The van der Waals surface area contributed by atoms with Crippen molar-refractivity contribution >= 4 is 33.0 Å². The lowest BCUT2D eigenvalue weighted by molar-refractivity contribution is 0.107. The second-order valence-electron chi connectivity index (χ2n) is 4.57. The molecule has 0 bridgehead atoms. The summed E-state index contributed by atoms with van der Waals surface area (Å²) in [5.41, 5.74) is 0. The largest absolute Gasteiger partial charge is 0.391 e. The Morgan fingerprint density at radius 2 is 2.00 bits per heavy atom. The fourth-order valence-corrected chi connectivity index (χ4v) is 4.64. The van der Waals surface area contributed by atoms with Crippen LogP contribution in [0.5, 0.6) is 0 Å². The van der Waals surface area contributed by atoms with Gasteiger partial charge in [-0.25, -0.2) is 13.1 Å². The van der Waals surface area contributed by atoms with Gasteiger partial charge < -0.3 is 5.11 Å². The van der Waals surface area contributed by atoms with E-state index in [2.05, 4.69) is 4.72 Å². The lowest BCUT2D eigenvalue weighted by Gasteiger charge is -2.27. The van der Waals surface area contributed by atoms with Crippen LogP contribution in [0, 0.1) is 5.92 Å². The monoisotopic (exact) mass is 325 g/mol. The van der Waals surface area contributed by atoms with Crippen LogP contribution in [0.4, 0.5) is 0 Å². The Hall–Kier alpha value is -0.140. The third-order valence-electron chi connectivity index (χ3n) is 3.19. The highest BCUT2D eigenvalue weighted by atomic mass is 35.5. The molecule has 0 aromatic carbocycles. The van der Waals surface area contributed by atoms with Gasteiger partial charge in [0.15, 0.2) is 0 Å². The number of aliphatic hydroxyl groups excluding tert-OH is 1. The summed E-state index contributed by atoms with van der Waals surface area (Å²) >= 11 is 6.77. The molecule has 7 heteroatoms. The summed E-state index contributed by atoms with van der Waals surface area (Å²) < 4.78 is 27.7. The van der Waals surface area contributed by atoms with E-state index in [4.69, 9.17) is 11.6 Å². The van der Waals surface area contributed by atoms with Crippen LogP contribution in [-0.2, 0) is 10.0 Å². The molecule has 0 radical (unpaired) electrons. The smallest absolute Gasteiger partial charge is 0.250 e.